The van der Waals surface area contributed by atoms with Crippen molar-refractivity contribution in [2.75, 3.05) is 17.3 Å². The molecule has 11 heteroatoms. The van der Waals surface area contributed by atoms with Crippen LogP contribution < -0.4 is 16.0 Å². The quantitative estimate of drug-likeness (QED) is 0.526. The highest BCUT2D eigenvalue weighted by Gasteiger charge is 2.44. The summed E-state index contributed by atoms with van der Waals surface area (Å²) in [6.45, 7) is 0. The molecule has 2 aromatic heterocycles. The molecular weight excluding hydrogens is 473 g/mol. The smallest absolute Gasteiger partial charge is 0.231 e. The number of hydrogen-bond donors (Lipinski definition) is 2. The third kappa shape index (κ3) is 3.79. The molecule has 0 bridgehead atoms. The van der Waals surface area contributed by atoms with Gasteiger partial charge in [-0.3, -0.25) is 4.79 Å². The number of anilines is 3. The maximum absolute atomic E-state index is 15.2. The first-order chi connectivity index (χ1) is 15.7. The summed E-state index contributed by atoms with van der Waals surface area (Å²) in [5, 5.41) is 2.96. The van der Waals surface area contributed by atoms with Gasteiger partial charge in [-0.1, -0.05) is 23.2 Å². The molecule has 0 spiro atoms. The Labute approximate surface area is 198 Å². The standard InChI is InChI=1S/C22H20Cl2F2N6O/c1-31-8-28-17-19(31)15(24)21(29-20(17)30-22(33)11-7-13(11)25)32(2)18-12(23)5-10(6-14(18)26)16(27)9-3-4-9/h5-6,8,11,13H,3-4,7,27H2,1-2H3,(H,29,30,33). The number of aromatic nitrogens is 3. The number of hydrogen-bond acceptors (Lipinski definition) is 5. The molecule has 3 aromatic rings. The number of nitrogens with one attached hydrogen (secondary N) is 1. The summed E-state index contributed by atoms with van der Waals surface area (Å²) in [4.78, 5) is 22.5. The van der Waals surface area contributed by atoms with Gasteiger partial charge in [-0.15, -0.1) is 0 Å². The number of pyridine rings is 1. The molecule has 0 aliphatic heterocycles. The second-order valence-corrected chi connectivity index (χ2v) is 9.15. The van der Waals surface area contributed by atoms with Crippen LogP contribution >= 0.6 is 23.2 Å². The maximum Gasteiger partial charge on any atom is 0.231 e. The van der Waals surface area contributed by atoms with Gasteiger partial charge in [-0.25, -0.2) is 18.7 Å². The number of imidazole rings is 1. The van der Waals surface area contributed by atoms with E-state index >= 15 is 4.39 Å². The number of alkyl halides is 1. The van der Waals surface area contributed by atoms with E-state index in [1.807, 2.05) is 0 Å². The van der Waals surface area contributed by atoms with Crippen molar-refractivity contribution in [3.63, 3.8) is 0 Å². The molecule has 3 N–H and O–H groups in total. The summed E-state index contributed by atoms with van der Waals surface area (Å²) < 4.78 is 30.3. The second kappa shape index (κ2) is 7.85. The van der Waals surface area contributed by atoms with Crippen molar-refractivity contribution in [1.29, 1.82) is 0 Å². The summed E-state index contributed by atoms with van der Waals surface area (Å²) in [5.74, 6) is -1.55. The number of aryl methyl sites for hydroxylation is 1. The van der Waals surface area contributed by atoms with Gasteiger partial charge in [0.25, 0.3) is 0 Å². The average molecular weight is 493 g/mol. The lowest BCUT2D eigenvalue weighted by Gasteiger charge is -2.23. The molecule has 2 aliphatic rings. The highest BCUT2D eigenvalue weighted by Crippen LogP contribution is 2.42. The Morgan fingerprint density at radius 1 is 1.33 bits per heavy atom. The summed E-state index contributed by atoms with van der Waals surface area (Å²) in [6, 6.07) is 2.93. The van der Waals surface area contributed by atoms with Gasteiger partial charge in [0.2, 0.25) is 5.91 Å². The number of nitrogens with zero attached hydrogens (tertiary/aromatic N) is 4. The van der Waals surface area contributed by atoms with Crippen LogP contribution in [0.5, 0.6) is 0 Å². The first-order valence-corrected chi connectivity index (χ1v) is 11.1. The van der Waals surface area contributed by atoms with Gasteiger partial charge < -0.3 is 20.5 Å². The van der Waals surface area contributed by atoms with Crippen LogP contribution in [0, 0.1) is 11.7 Å². The lowest BCUT2D eigenvalue weighted by Crippen LogP contribution is -2.19. The number of carbonyl (C=O) groups is 1. The largest absolute Gasteiger partial charge is 0.398 e. The summed E-state index contributed by atoms with van der Waals surface area (Å²) in [7, 11) is 3.29. The summed E-state index contributed by atoms with van der Waals surface area (Å²) >= 11 is 13.1. The van der Waals surface area contributed by atoms with Crippen molar-refractivity contribution >= 4 is 63.2 Å². The zero-order valence-corrected chi connectivity index (χ0v) is 19.3. The van der Waals surface area contributed by atoms with Gasteiger partial charge in [0, 0.05) is 25.4 Å². The van der Waals surface area contributed by atoms with Gasteiger partial charge in [0.1, 0.15) is 22.5 Å². The first-order valence-electron chi connectivity index (χ1n) is 10.3. The molecular formula is C22H20Cl2F2N6O. The highest BCUT2D eigenvalue weighted by atomic mass is 35.5. The number of nitrogens with two attached hydrogens (primary N) is 1. The van der Waals surface area contributed by atoms with Crippen LogP contribution in [-0.2, 0) is 11.8 Å². The van der Waals surface area contributed by atoms with E-state index in [2.05, 4.69) is 15.3 Å². The van der Waals surface area contributed by atoms with Gasteiger partial charge in [-0.05, 0) is 37.0 Å². The van der Waals surface area contributed by atoms with Gasteiger partial charge in [-0.2, -0.15) is 0 Å². The minimum Gasteiger partial charge on any atom is -0.398 e. The molecule has 2 heterocycles. The van der Waals surface area contributed by atoms with Crippen molar-refractivity contribution in [1.82, 2.24) is 14.5 Å². The van der Waals surface area contributed by atoms with E-state index in [1.54, 1.807) is 24.7 Å². The van der Waals surface area contributed by atoms with Crippen LogP contribution in [0.4, 0.5) is 26.1 Å². The molecule has 2 saturated carbocycles. The van der Waals surface area contributed by atoms with Gasteiger partial charge in [0.05, 0.1) is 28.5 Å². The average Bonchev–Trinajstić information content (AvgIpc) is 3.68. The van der Waals surface area contributed by atoms with Crippen LogP contribution in [0.15, 0.2) is 24.0 Å². The monoisotopic (exact) mass is 492 g/mol. The SMILES string of the molecule is CN(c1nc(NC(=O)C2CC2F)c2ncn(C)c2c1Cl)c1c(F)cc(C(N)=C2CC2)cc1Cl. The molecule has 0 saturated heterocycles. The minimum atomic E-state index is -1.16. The molecule has 2 fully saturated rings. The maximum atomic E-state index is 15.2. The van der Waals surface area contributed by atoms with Crippen molar-refractivity contribution < 1.29 is 13.6 Å². The predicted octanol–water partition coefficient (Wildman–Crippen LogP) is 4.94. The number of carbonyl (C=O) groups excluding carboxylic acids is 1. The molecule has 1 amide bonds. The van der Waals surface area contributed by atoms with Crippen LogP contribution in [-0.4, -0.2) is 33.7 Å². The normalized spacial score (nSPS) is 19.0. The molecule has 7 nitrogen and oxygen atoms in total. The molecule has 1 aromatic carbocycles. The fraction of sp³-hybridized carbons (Fsp3) is 0.318. The van der Waals surface area contributed by atoms with E-state index in [0.717, 1.165) is 18.4 Å². The molecule has 172 valence electrons. The van der Waals surface area contributed by atoms with E-state index in [9.17, 15) is 9.18 Å². The molecule has 33 heavy (non-hydrogen) atoms. The number of halogens is 4. The lowest BCUT2D eigenvalue weighted by atomic mass is 10.1. The summed E-state index contributed by atoms with van der Waals surface area (Å²) in [5.41, 5.74) is 9.10. The van der Waals surface area contributed by atoms with E-state index in [-0.39, 0.29) is 33.8 Å². The molecule has 5 rings (SSSR count). The minimum absolute atomic E-state index is 0.0493. The topological polar surface area (TPSA) is 89.1 Å². The molecule has 2 unspecified atom stereocenters. The zero-order valence-electron chi connectivity index (χ0n) is 17.8. The van der Waals surface area contributed by atoms with Crippen LogP contribution in [0.25, 0.3) is 16.7 Å². The third-order valence-electron chi connectivity index (χ3n) is 5.94. The highest BCUT2D eigenvalue weighted by molar-refractivity contribution is 6.38. The fourth-order valence-corrected chi connectivity index (χ4v) is 4.54. The van der Waals surface area contributed by atoms with E-state index in [4.69, 9.17) is 28.9 Å². The van der Waals surface area contributed by atoms with E-state index in [0.29, 0.717) is 22.3 Å². The number of allylic oxidation sites excluding steroid dienone is 1. The van der Waals surface area contributed by atoms with Crippen molar-refractivity contribution in [3.8, 4) is 0 Å². The van der Waals surface area contributed by atoms with E-state index < -0.39 is 23.8 Å². The number of rotatable bonds is 5. The molecule has 2 aliphatic carbocycles. The van der Waals surface area contributed by atoms with Gasteiger partial charge in [0.15, 0.2) is 11.6 Å². The third-order valence-corrected chi connectivity index (χ3v) is 6.57. The fourth-order valence-electron chi connectivity index (χ4n) is 3.81. The number of fused-ring (bicyclic) bond motifs is 1. The predicted molar refractivity (Wildman–Crippen MR) is 125 cm³/mol. The summed E-state index contributed by atoms with van der Waals surface area (Å²) in [6.07, 6.45) is 2.32. The Hall–Kier alpha value is -2.91. The van der Waals surface area contributed by atoms with Crippen molar-refractivity contribution in [3.05, 3.63) is 45.5 Å². The first kappa shape index (κ1) is 21.9. The van der Waals surface area contributed by atoms with Crippen molar-refractivity contribution in [2.45, 2.75) is 25.4 Å². The lowest BCUT2D eigenvalue weighted by molar-refractivity contribution is -0.117. The Balaban J connectivity index is 1.59. The van der Waals surface area contributed by atoms with Crippen LogP contribution in [0.3, 0.4) is 0 Å². The van der Waals surface area contributed by atoms with E-state index in [1.165, 1.54) is 17.3 Å². The Morgan fingerprint density at radius 2 is 2.03 bits per heavy atom. The van der Waals surface area contributed by atoms with Gasteiger partial charge >= 0.3 is 0 Å². The Morgan fingerprint density at radius 3 is 2.64 bits per heavy atom. The number of amides is 1. The zero-order chi connectivity index (χ0) is 23.6. The van der Waals surface area contributed by atoms with Crippen molar-refractivity contribution in [2.24, 2.45) is 18.7 Å². The second-order valence-electron chi connectivity index (χ2n) is 8.36. The Kier molecular flexibility index (Phi) is 5.21. The van der Waals surface area contributed by atoms with Crippen LogP contribution in [0.1, 0.15) is 24.8 Å². The molecule has 0 radical (unpaired) electrons. The van der Waals surface area contributed by atoms with Crippen LogP contribution in [0.2, 0.25) is 10.0 Å². The number of benzene rings is 1. The Bertz CT molecular complexity index is 1330. The molecule has 2 atom stereocenters.